The van der Waals surface area contributed by atoms with Crippen LogP contribution in [-0.2, 0) is 16.0 Å². The molecule has 0 spiro atoms. The van der Waals surface area contributed by atoms with Gasteiger partial charge in [0.1, 0.15) is 6.04 Å². The Hall–Kier alpha value is -0.670. The molecule has 17 heavy (non-hydrogen) atoms. The van der Waals surface area contributed by atoms with Crippen molar-refractivity contribution >= 4 is 45.9 Å². The van der Waals surface area contributed by atoms with E-state index in [1.54, 1.807) is 0 Å². The summed E-state index contributed by atoms with van der Waals surface area (Å²) in [5.74, 6) is -2.94. The van der Waals surface area contributed by atoms with Crippen LogP contribution in [0, 0.1) is 8.80 Å². The lowest BCUT2D eigenvalue weighted by molar-refractivity contribution is -0.143. The summed E-state index contributed by atoms with van der Waals surface area (Å²) in [5.41, 5.74) is 6.29. The summed E-state index contributed by atoms with van der Waals surface area (Å²) in [6.07, 6.45) is 0.259. The Morgan fingerprint density at radius 3 is 2.47 bits per heavy atom. The maximum atomic E-state index is 11.0. The molecule has 1 aromatic rings. The SMILES string of the molecule is N[C@@H](CC(Cc1ccsc1[125I])C(=O)O)C(=O)O. The van der Waals surface area contributed by atoms with Crippen molar-refractivity contribution in [3.05, 3.63) is 19.9 Å². The molecule has 1 aromatic heterocycles. The summed E-state index contributed by atoms with van der Waals surface area (Å²) in [4.78, 5) is 21.7. The third-order valence-electron chi connectivity index (χ3n) is 2.36. The number of halogens is 1. The van der Waals surface area contributed by atoms with E-state index in [2.05, 4.69) is 22.6 Å². The lowest BCUT2D eigenvalue weighted by Gasteiger charge is -2.14. The Kier molecular flexibility index (Phi) is 5.34. The Morgan fingerprint density at radius 2 is 2.06 bits per heavy atom. The van der Waals surface area contributed by atoms with Crippen molar-refractivity contribution in [3.8, 4) is 0 Å². The van der Waals surface area contributed by atoms with Crippen LogP contribution in [0.3, 0.4) is 0 Å². The fraction of sp³-hybridized carbons (Fsp3) is 0.400. The number of hydrogen-bond donors (Lipinski definition) is 3. The molecule has 7 heteroatoms. The zero-order chi connectivity index (χ0) is 13.0. The second-order valence-electron chi connectivity index (χ2n) is 3.64. The molecule has 0 aliphatic rings. The highest BCUT2D eigenvalue weighted by Gasteiger charge is 2.25. The summed E-state index contributed by atoms with van der Waals surface area (Å²) in [6.45, 7) is 0. The van der Waals surface area contributed by atoms with Gasteiger partial charge in [0.25, 0.3) is 0 Å². The fourth-order valence-corrected chi connectivity index (χ4v) is 2.90. The van der Waals surface area contributed by atoms with E-state index in [0.717, 1.165) is 8.45 Å². The average Bonchev–Trinajstić information content (AvgIpc) is 2.62. The number of thiophene rings is 1. The summed E-state index contributed by atoms with van der Waals surface area (Å²) in [5, 5.41) is 19.6. The van der Waals surface area contributed by atoms with Gasteiger partial charge >= 0.3 is 11.9 Å². The third-order valence-corrected chi connectivity index (χ3v) is 4.56. The molecule has 1 rings (SSSR count). The number of nitrogens with two attached hydrogens (primary N) is 1. The minimum atomic E-state index is -1.17. The molecule has 0 saturated heterocycles. The van der Waals surface area contributed by atoms with Crippen molar-refractivity contribution in [1.82, 2.24) is 0 Å². The molecule has 0 fully saturated rings. The number of rotatable bonds is 6. The smallest absolute Gasteiger partial charge is 0.320 e. The van der Waals surface area contributed by atoms with Gasteiger partial charge in [-0.3, -0.25) is 9.59 Å². The molecule has 1 unspecified atom stereocenters. The topological polar surface area (TPSA) is 101 Å². The molecule has 4 N–H and O–H groups in total. The van der Waals surface area contributed by atoms with Gasteiger partial charge in [0.15, 0.2) is 0 Å². The van der Waals surface area contributed by atoms with E-state index < -0.39 is 23.9 Å². The zero-order valence-corrected chi connectivity index (χ0v) is 11.8. The molecule has 94 valence electrons. The van der Waals surface area contributed by atoms with Crippen molar-refractivity contribution in [2.75, 3.05) is 0 Å². The van der Waals surface area contributed by atoms with Gasteiger partial charge in [-0.15, -0.1) is 11.3 Å². The second-order valence-corrected chi connectivity index (χ2v) is 6.37. The maximum absolute atomic E-state index is 11.0. The van der Waals surface area contributed by atoms with Crippen LogP contribution in [0.5, 0.6) is 0 Å². The minimum absolute atomic E-state index is 0.0589. The lowest BCUT2D eigenvalue weighted by Crippen LogP contribution is -2.35. The minimum Gasteiger partial charge on any atom is -0.481 e. The van der Waals surface area contributed by atoms with Crippen LogP contribution in [0.1, 0.15) is 12.0 Å². The van der Waals surface area contributed by atoms with Gasteiger partial charge in [-0.05, 0) is 52.4 Å². The monoisotopic (exact) mass is 367 g/mol. The number of carboxylic acid groups (broad SMARTS) is 2. The Bertz CT molecular complexity index is 420. The van der Waals surface area contributed by atoms with Crippen LogP contribution in [0.4, 0.5) is 0 Å². The van der Waals surface area contributed by atoms with Gasteiger partial charge < -0.3 is 15.9 Å². The van der Waals surface area contributed by atoms with Crippen LogP contribution in [0.2, 0.25) is 0 Å². The van der Waals surface area contributed by atoms with Crippen LogP contribution >= 0.6 is 33.9 Å². The zero-order valence-electron chi connectivity index (χ0n) is 8.80. The number of aliphatic carboxylic acids is 2. The van der Waals surface area contributed by atoms with Crippen molar-refractivity contribution in [2.45, 2.75) is 18.9 Å². The van der Waals surface area contributed by atoms with Gasteiger partial charge in [0, 0.05) is 0 Å². The van der Waals surface area contributed by atoms with Crippen molar-refractivity contribution in [2.24, 2.45) is 11.7 Å². The molecule has 0 amide bonds. The standard InChI is InChI=1S/C10H12INO4S/c11-8-5(1-2-17-8)3-6(9(13)14)4-7(12)10(15)16/h1-2,6-7H,3-4,12H2,(H,13,14)(H,15,16)/t6?,7-/m0/s1/i11-2. The van der Waals surface area contributed by atoms with E-state index >= 15 is 0 Å². The van der Waals surface area contributed by atoms with Crippen LogP contribution in [0.15, 0.2) is 11.4 Å². The van der Waals surface area contributed by atoms with Crippen LogP contribution in [-0.4, -0.2) is 28.2 Å². The summed E-state index contributed by atoms with van der Waals surface area (Å²) in [6, 6.07) is 0.724. The second kappa shape index (κ2) is 6.31. The van der Waals surface area contributed by atoms with Gasteiger partial charge in [-0.1, -0.05) is 0 Å². The first kappa shape index (κ1) is 14.4. The fourth-order valence-electron chi connectivity index (χ4n) is 1.41. The van der Waals surface area contributed by atoms with Gasteiger partial charge in [0.05, 0.1) is 8.80 Å². The van der Waals surface area contributed by atoms with Gasteiger partial charge in [-0.2, -0.15) is 0 Å². The molecule has 2 atom stereocenters. The van der Waals surface area contributed by atoms with E-state index in [0.29, 0.717) is 6.42 Å². The summed E-state index contributed by atoms with van der Waals surface area (Å²) < 4.78 is 1.03. The number of carbonyl (C=O) groups is 2. The normalized spacial score (nSPS) is 14.2. The highest BCUT2D eigenvalue weighted by atomic mass is 125. The van der Waals surface area contributed by atoms with Gasteiger partial charge in [-0.25, -0.2) is 0 Å². The first-order valence-electron chi connectivity index (χ1n) is 4.85. The van der Waals surface area contributed by atoms with Gasteiger partial charge in [0.2, 0.25) is 0 Å². The first-order chi connectivity index (χ1) is 7.91. The number of carboxylic acids is 2. The van der Waals surface area contributed by atoms with E-state index in [4.69, 9.17) is 15.9 Å². The molecule has 1 heterocycles. The quantitative estimate of drug-likeness (QED) is 0.660. The van der Waals surface area contributed by atoms with Crippen molar-refractivity contribution in [1.29, 1.82) is 0 Å². The lowest BCUT2D eigenvalue weighted by atomic mass is 9.94. The highest BCUT2D eigenvalue weighted by Crippen LogP contribution is 2.23. The molecule has 0 saturated carbocycles. The van der Waals surface area contributed by atoms with E-state index in [9.17, 15) is 9.59 Å². The average molecular weight is 367 g/mol. The maximum Gasteiger partial charge on any atom is 0.320 e. The molecular formula is C10H12INO4S. The summed E-state index contributed by atoms with van der Waals surface area (Å²) >= 11 is 3.67. The number of hydrogen-bond acceptors (Lipinski definition) is 4. The Morgan fingerprint density at radius 1 is 1.41 bits per heavy atom. The van der Waals surface area contributed by atoms with E-state index in [1.807, 2.05) is 11.4 Å². The van der Waals surface area contributed by atoms with Crippen molar-refractivity contribution < 1.29 is 19.8 Å². The third kappa shape index (κ3) is 4.25. The Balaban J connectivity index is 2.71. The predicted octanol–water partition coefficient (Wildman–Crippen LogP) is 1.40. The first-order valence-corrected chi connectivity index (χ1v) is 6.80. The predicted molar refractivity (Wildman–Crippen MR) is 72.1 cm³/mol. The molecule has 0 aliphatic carbocycles. The van der Waals surface area contributed by atoms with E-state index in [-0.39, 0.29) is 6.42 Å². The molecular weight excluding hydrogens is 355 g/mol. The Labute approximate surface area is 116 Å². The molecule has 5 nitrogen and oxygen atoms in total. The summed E-state index contributed by atoms with van der Waals surface area (Å²) in [7, 11) is 0. The molecule has 0 aliphatic heterocycles. The molecule has 0 bridgehead atoms. The molecule has 0 radical (unpaired) electrons. The van der Waals surface area contributed by atoms with Crippen LogP contribution < -0.4 is 5.73 Å². The largest absolute Gasteiger partial charge is 0.481 e. The van der Waals surface area contributed by atoms with E-state index in [1.165, 1.54) is 11.3 Å². The van der Waals surface area contributed by atoms with Crippen molar-refractivity contribution in [3.63, 3.8) is 0 Å². The van der Waals surface area contributed by atoms with Crippen LogP contribution in [0.25, 0.3) is 0 Å². The highest BCUT2D eigenvalue weighted by molar-refractivity contribution is 14.1. The molecule has 0 aromatic carbocycles.